The molecule has 0 radical (unpaired) electrons. The summed E-state index contributed by atoms with van der Waals surface area (Å²) in [7, 11) is -4.98. The quantitative estimate of drug-likeness (QED) is 0.317. The zero-order chi connectivity index (χ0) is 17.1. The van der Waals surface area contributed by atoms with Crippen molar-refractivity contribution in [1.29, 1.82) is 0 Å². The van der Waals surface area contributed by atoms with Gasteiger partial charge < -0.3 is 26.6 Å². The number of hydrogen-bond acceptors (Lipinski definition) is 6. The van der Waals surface area contributed by atoms with E-state index in [9.17, 15) is 23.1 Å². The third kappa shape index (κ3) is 4.18. The van der Waals surface area contributed by atoms with Crippen molar-refractivity contribution in [2.45, 2.75) is 17.0 Å². The summed E-state index contributed by atoms with van der Waals surface area (Å²) in [6.45, 7) is -0.439. The number of carboxylic acid groups (broad SMARTS) is 1. The average Bonchev–Trinajstić information content (AvgIpc) is 2.38. The summed E-state index contributed by atoms with van der Waals surface area (Å²) in [6, 6.07) is -3.97. The summed E-state index contributed by atoms with van der Waals surface area (Å²) >= 11 is 5.66. The molecule has 2 amide bonds. The Bertz CT molecular complexity index is 632. The van der Waals surface area contributed by atoms with Gasteiger partial charge in [0.2, 0.25) is 4.93 Å². The summed E-state index contributed by atoms with van der Waals surface area (Å²) < 4.78 is 31.6. The van der Waals surface area contributed by atoms with E-state index >= 15 is 0 Å². The highest BCUT2D eigenvalue weighted by atomic mass is 35.5. The van der Waals surface area contributed by atoms with Gasteiger partial charge in [-0.05, 0) is 18.2 Å². The smallest absolute Gasteiger partial charge is 0.322 e. The first-order valence-electron chi connectivity index (χ1n) is 5.76. The second-order valence-electron chi connectivity index (χ2n) is 4.39. The van der Waals surface area contributed by atoms with Crippen molar-refractivity contribution in [3.8, 4) is 0 Å². The Morgan fingerprint density at radius 1 is 1.50 bits per heavy atom. The predicted octanol–water partition coefficient (Wildman–Crippen LogP) is -1.66. The maximum absolute atomic E-state index is 11.6. The second kappa shape index (κ2) is 6.62. The topological polar surface area (TPSA) is 179 Å². The van der Waals surface area contributed by atoms with E-state index < -0.39 is 45.7 Å². The monoisotopic (exact) mass is 355 g/mol. The van der Waals surface area contributed by atoms with E-state index in [0.717, 1.165) is 12.2 Å². The summed E-state index contributed by atoms with van der Waals surface area (Å²) in [4.78, 5) is 19.3. The van der Waals surface area contributed by atoms with Gasteiger partial charge >= 0.3 is 22.1 Å². The molecule has 0 spiro atoms. The van der Waals surface area contributed by atoms with Gasteiger partial charge in [0.1, 0.15) is 12.1 Å². The number of carbonyl (C=O) groups is 2. The van der Waals surface area contributed by atoms with Crippen LogP contribution in [0.4, 0.5) is 4.79 Å². The van der Waals surface area contributed by atoms with Crippen LogP contribution < -0.4 is 16.4 Å². The number of halogens is 1. The predicted molar refractivity (Wildman–Crippen MR) is 75.5 cm³/mol. The molecule has 10 nitrogen and oxygen atoms in total. The Morgan fingerprint density at radius 3 is 2.59 bits per heavy atom. The van der Waals surface area contributed by atoms with E-state index in [1.807, 2.05) is 5.32 Å². The molecule has 3 atom stereocenters. The molecule has 2 unspecified atom stereocenters. The molecule has 0 saturated carbocycles. The standard InChI is InChI=1S/C10H14ClN3O7S/c11-5-1-2-10(18,22(19,20)21)7(3-5)14-9(17)13-4-6(12)8(15)16/h1-3,6-7,18H,4,12H2,(H,15,16)(H2,13,14,17)(H,19,20,21)/t6-,7?,10?/m0/s1. The molecule has 0 bridgehead atoms. The zero-order valence-electron chi connectivity index (χ0n) is 10.9. The first-order valence-corrected chi connectivity index (χ1v) is 7.58. The second-order valence-corrected chi connectivity index (χ2v) is 6.43. The lowest BCUT2D eigenvalue weighted by Crippen LogP contribution is -2.58. The average molecular weight is 356 g/mol. The fourth-order valence-electron chi connectivity index (χ4n) is 1.51. The minimum absolute atomic E-state index is 0.0147. The molecule has 1 rings (SSSR count). The molecule has 124 valence electrons. The highest BCUT2D eigenvalue weighted by Crippen LogP contribution is 2.27. The maximum Gasteiger partial charge on any atom is 0.322 e. The molecule has 0 saturated heterocycles. The van der Waals surface area contributed by atoms with E-state index in [2.05, 4.69) is 5.32 Å². The number of amides is 2. The number of aliphatic carboxylic acids is 1. The molecule has 12 heteroatoms. The van der Waals surface area contributed by atoms with E-state index in [4.69, 9.17) is 27.0 Å². The van der Waals surface area contributed by atoms with Gasteiger partial charge in [0, 0.05) is 11.6 Å². The number of carbonyl (C=O) groups excluding carboxylic acids is 1. The highest BCUT2D eigenvalue weighted by molar-refractivity contribution is 7.87. The number of aliphatic hydroxyl groups is 1. The van der Waals surface area contributed by atoms with Gasteiger partial charge in [-0.3, -0.25) is 9.35 Å². The Balaban J connectivity index is 2.83. The highest BCUT2D eigenvalue weighted by Gasteiger charge is 2.47. The lowest BCUT2D eigenvalue weighted by molar-refractivity contribution is -0.138. The molecule has 0 aromatic carbocycles. The van der Waals surface area contributed by atoms with Crippen molar-refractivity contribution in [3.05, 3.63) is 23.3 Å². The molecular weight excluding hydrogens is 342 g/mol. The van der Waals surface area contributed by atoms with Crippen molar-refractivity contribution >= 4 is 33.7 Å². The molecule has 1 aliphatic carbocycles. The van der Waals surface area contributed by atoms with Crippen LogP contribution in [0.15, 0.2) is 23.3 Å². The van der Waals surface area contributed by atoms with Crippen LogP contribution in [0.25, 0.3) is 0 Å². The third-order valence-corrected chi connectivity index (χ3v) is 4.22. The number of urea groups is 1. The summed E-state index contributed by atoms with van der Waals surface area (Å²) in [5, 5.41) is 22.7. The van der Waals surface area contributed by atoms with Crippen LogP contribution >= 0.6 is 11.6 Å². The van der Waals surface area contributed by atoms with Crippen molar-refractivity contribution in [1.82, 2.24) is 10.6 Å². The Morgan fingerprint density at radius 2 is 2.09 bits per heavy atom. The van der Waals surface area contributed by atoms with Gasteiger partial charge in [0.25, 0.3) is 0 Å². The summed E-state index contributed by atoms with van der Waals surface area (Å²) in [6.07, 6.45) is 2.73. The van der Waals surface area contributed by atoms with Crippen LogP contribution in [0, 0.1) is 0 Å². The Kier molecular flexibility index (Phi) is 5.54. The SMILES string of the molecule is N[C@@H](CNC(=O)NC1C=C(Cl)C=CC1(O)S(=O)(=O)O)C(=O)O. The van der Waals surface area contributed by atoms with Crippen LogP contribution in [0.1, 0.15) is 0 Å². The molecular formula is C10H14ClN3O7S. The Hall–Kier alpha value is -1.66. The van der Waals surface area contributed by atoms with E-state index in [1.54, 1.807) is 0 Å². The van der Waals surface area contributed by atoms with Gasteiger partial charge in [-0.15, -0.1) is 0 Å². The minimum atomic E-state index is -4.98. The Labute approximate surface area is 130 Å². The molecule has 0 fully saturated rings. The van der Waals surface area contributed by atoms with Crippen LogP contribution in [-0.2, 0) is 14.9 Å². The third-order valence-electron chi connectivity index (χ3n) is 2.75. The van der Waals surface area contributed by atoms with E-state index in [-0.39, 0.29) is 5.03 Å². The number of nitrogens with two attached hydrogens (primary N) is 1. The number of carboxylic acids is 1. The van der Waals surface area contributed by atoms with Crippen molar-refractivity contribution in [2.24, 2.45) is 5.73 Å². The summed E-state index contributed by atoms with van der Waals surface area (Å²) in [5.74, 6) is -1.35. The van der Waals surface area contributed by atoms with Crippen molar-refractivity contribution in [2.75, 3.05) is 6.54 Å². The van der Waals surface area contributed by atoms with Crippen LogP contribution in [0.5, 0.6) is 0 Å². The molecule has 7 N–H and O–H groups in total. The van der Waals surface area contributed by atoms with Crippen LogP contribution in [-0.4, -0.2) is 58.7 Å². The van der Waals surface area contributed by atoms with E-state index in [0.29, 0.717) is 6.08 Å². The lowest BCUT2D eigenvalue weighted by atomic mass is 10.1. The fraction of sp³-hybridized carbons (Fsp3) is 0.400. The first-order chi connectivity index (χ1) is 9.97. The number of rotatable bonds is 5. The lowest BCUT2D eigenvalue weighted by Gasteiger charge is -2.31. The number of hydrogen-bond donors (Lipinski definition) is 6. The molecule has 22 heavy (non-hydrogen) atoms. The van der Waals surface area contributed by atoms with Gasteiger partial charge in [-0.1, -0.05) is 11.6 Å². The number of allylic oxidation sites excluding steroid dienone is 2. The molecule has 0 aromatic heterocycles. The molecule has 1 aliphatic rings. The number of nitrogens with one attached hydrogen (secondary N) is 2. The van der Waals surface area contributed by atoms with Crippen LogP contribution in [0.3, 0.4) is 0 Å². The maximum atomic E-state index is 11.6. The van der Waals surface area contributed by atoms with Gasteiger partial charge in [-0.25, -0.2) is 4.79 Å². The normalized spacial score (nSPS) is 26.0. The molecule has 0 aromatic rings. The zero-order valence-corrected chi connectivity index (χ0v) is 12.5. The van der Waals surface area contributed by atoms with Crippen LogP contribution in [0.2, 0.25) is 0 Å². The van der Waals surface area contributed by atoms with Gasteiger partial charge in [0.05, 0.1) is 0 Å². The minimum Gasteiger partial charge on any atom is -0.480 e. The summed E-state index contributed by atoms with van der Waals surface area (Å²) in [5.41, 5.74) is 5.17. The molecule has 0 heterocycles. The molecule has 0 aliphatic heterocycles. The van der Waals surface area contributed by atoms with Crippen molar-refractivity contribution < 1.29 is 32.8 Å². The first kappa shape index (κ1) is 18.4. The van der Waals surface area contributed by atoms with Gasteiger partial charge in [-0.2, -0.15) is 8.42 Å². The van der Waals surface area contributed by atoms with E-state index in [1.165, 1.54) is 0 Å². The van der Waals surface area contributed by atoms with Gasteiger partial charge in [0.15, 0.2) is 0 Å². The van der Waals surface area contributed by atoms with Crippen molar-refractivity contribution in [3.63, 3.8) is 0 Å². The fourth-order valence-corrected chi connectivity index (χ4v) is 2.39. The largest absolute Gasteiger partial charge is 0.480 e.